The first-order valence-corrected chi connectivity index (χ1v) is 4.38. The predicted octanol–water partition coefficient (Wildman–Crippen LogP) is 1.44. The smallest absolute Gasteiger partial charge is 0.305 e. The molecule has 4 heteroatoms. The average Bonchev–Trinajstić information content (AvgIpc) is 1.83. The third kappa shape index (κ3) is 4.57. The Hall–Kier alpha value is -0.280. The molecule has 0 aromatic rings. The lowest BCUT2D eigenvalue weighted by Crippen LogP contribution is -2.35. The van der Waals surface area contributed by atoms with E-state index in [2.05, 4.69) is 0 Å². The zero-order valence-corrected chi connectivity index (χ0v) is 8.27. The summed E-state index contributed by atoms with van der Waals surface area (Å²) in [6.45, 7) is 4.20. The summed E-state index contributed by atoms with van der Waals surface area (Å²) in [6, 6.07) is 0. The minimum atomic E-state index is -0.892. The molecule has 0 spiro atoms. The van der Waals surface area contributed by atoms with Crippen LogP contribution in [0, 0.1) is 5.92 Å². The van der Waals surface area contributed by atoms with Crippen LogP contribution in [-0.2, 0) is 4.79 Å². The van der Waals surface area contributed by atoms with Crippen molar-refractivity contribution in [3.63, 3.8) is 0 Å². The van der Waals surface area contributed by atoms with E-state index in [4.69, 9.17) is 22.4 Å². The Bertz CT molecular complexity index is 161. The van der Waals surface area contributed by atoms with Gasteiger partial charge in [0.15, 0.2) is 0 Å². The van der Waals surface area contributed by atoms with Crippen LogP contribution in [0.2, 0.25) is 0 Å². The second kappa shape index (κ2) is 4.67. The van der Waals surface area contributed by atoms with Gasteiger partial charge in [-0.1, -0.05) is 13.8 Å². The zero-order valence-electron chi connectivity index (χ0n) is 7.51. The number of carbonyl (C=O) groups is 1. The van der Waals surface area contributed by atoms with E-state index in [1.165, 1.54) is 0 Å². The Balaban J connectivity index is 4.13. The van der Waals surface area contributed by atoms with Crippen molar-refractivity contribution >= 4 is 17.6 Å². The summed E-state index contributed by atoms with van der Waals surface area (Å²) in [6.07, 6.45) is 0.570. The maximum Gasteiger partial charge on any atom is 0.305 e. The van der Waals surface area contributed by atoms with Gasteiger partial charge in [0.25, 0.3) is 0 Å². The molecule has 3 nitrogen and oxygen atoms in total. The SMILES string of the molecule is CC(C)CC(Cl)(CN)CC(=O)O. The largest absolute Gasteiger partial charge is 0.481 e. The lowest BCUT2D eigenvalue weighted by Gasteiger charge is -2.25. The Kier molecular flexibility index (Phi) is 4.57. The van der Waals surface area contributed by atoms with Gasteiger partial charge in [-0.2, -0.15) is 0 Å². The van der Waals surface area contributed by atoms with Crippen molar-refractivity contribution < 1.29 is 9.90 Å². The molecule has 0 aromatic heterocycles. The van der Waals surface area contributed by atoms with Gasteiger partial charge in [0.1, 0.15) is 0 Å². The van der Waals surface area contributed by atoms with E-state index in [9.17, 15) is 4.79 Å². The number of halogens is 1. The van der Waals surface area contributed by atoms with E-state index < -0.39 is 10.8 Å². The van der Waals surface area contributed by atoms with Crippen LogP contribution in [0.4, 0.5) is 0 Å². The van der Waals surface area contributed by atoms with Crippen LogP contribution in [0.1, 0.15) is 26.7 Å². The molecule has 0 radical (unpaired) electrons. The number of hydrogen-bond acceptors (Lipinski definition) is 2. The molecule has 0 saturated carbocycles. The number of rotatable bonds is 5. The molecule has 0 aromatic carbocycles. The number of hydrogen-bond donors (Lipinski definition) is 2. The zero-order chi connectivity index (χ0) is 9.78. The molecule has 0 aliphatic heterocycles. The summed E-state index contributed by atoms with van der Waals surface area (Å²) >= 11 is 6.01. The van der Waals surface area contributed by atoms with Crippen molar-refractivity contribution in [2.24, 2.45) is 11.7 Å². The second-order valence-electron chi connectivity index (χ2n) is 3.52. The summed E-state index contributed by atoms with van der Waals surface area (Å²) in [7, 11) is 0. The van der Waals surface area contributed by atoms with Crippen LogP contribution in [0.3, 0.4) is 0 Å². The first-order valence-electron chi connectivity index (χ1n) is 4.00. The minimum absolute atomic E-state index is 0.0662. The fraction of sp³-hybridized carbons (Fsp3) is 0.875. The topological polar surface area (TPSA) is 63.3 Å². The third-order valence-electron chi connectivity index (χ3n) is 1.61. The molecule has 72 valence electrons. The first-order chi connectivity index (χ1) is 5.39. The number of aliphatic carboxylic acids is 1. The summed E-state index contributed by atoms with van der Waals surface area (Å²) in [5, 5.41) is 8.55. The van der Waals surface area contributed by atoms with Crippen molar-refractivity contribution in [2.45, 2.75) is 31.6 Å². The fourth-order valence-corrected chi connectivity index (χ4v) is 1.65. The highest BCUT2D eigenvalue weighted by Crippen LogP contribution is 2.26. The molecule has 1 atom stereocenters. The lowest BCUT2D eigenvalue weighted by molar-refractivity contribution is -0.137. The van der Waals surface area contributed by atoms with E-state index in [1.54, 1.807) is 0 Å². The van der Waals surface area contributed by atoms with Crippen molar-refractivity contribution in [1.82, 2.24) is 0 Å². The van der Waals surface area contributed by atoms with Gasteiger partial charge < -0.3 is 10.8 Å². The minimum Gasteiger partial charge on any atom is -0.481 e. The van der Waals surface area contributed by atoms with Crippen LogP contribution in [0.25, 0.3) is 0 Å². The number of carboxylic acid groups (broad SMARTS) is 1. The van der Waals surface area contributed by atoms with E-state index in [0.717, 1.165) is 0 Å². The number of nitrogens with two attached hydrogens (primary N) is 1. The fourth-order valence-electron chi connectivity index (χ4n) is 1.23. The Labute approximate surface area is 77.9 Å². The van der Waals surface area contributed by atoms with Gasteiger partial charge in [0.2, 0.25) is 0 Å². The highest BCUT2D eigenvalue weighted by molar-refractivity contribution is 6.25. The van der Waals surface area contributed by atoms with Crippen LogP contribution >= 0.6 is 11.6 Å². The molecule has 0 aliphatic rings. The molecular formula is C8H16ClNO2. The Morgan fingerprint density at radius 3 is 2.42 bits per heavy atom. The second-order valence-corrected chi connectivity index (χ2v) is 4.33. The van der Waals surface area contributed by atoms with Crippen LogP contribution < -0.4 is 5.73 Å². The molecule has 0 fully saturated rings. The standard InChI is InChI=1S/C8H16ClNO2/c1-6(2)3-8(9,5-10)4-7(11)12/h6H,3-5,10H2,1-2H3,(H,11,12). The van der Waals surface area contributed by atoms with Crippen LogP contribution in [0.5, 0.6) is 0 Å². The van der Waals surface area contributed by atoms with Gasteiger partial charge in [-0.05, 0) is 12.3 Å². The molecule has 0 aliphatic carbocycles. The molecular weight excluding hydrogens is 178 g/mol. The maximum absolute atomic E-state index is 10.4. The summed E-state index contributed by atoms with van der Waals surface area (Å²) < 4.78 is 0. The van der Waals surface area contributed by atoms with Gasteiger partial charge in [-0.3, -0.25) is 4.79 Å². The molecule has 0 saturated heterocycles. The molecule has 0 rings (SSSR count). The highest BCUT2D eigenvalue weighted by Gasteiger charge is 2.29. The molecule has 0 amide bonds. The molecule has 1 unspecified atom stereocenters. The van der Waals surface area contributed by atoms with E-state index in [1.807, 2.05) is 13.8 Å². The van der Waals surface area contributed by atoms with Crippen molar-refractivity contribution in [2.75, 3.05) is 6.54 Å². The Morgan fingerprint density at radius 1 is 1.67 bits per heavy atom. The van der Waals surface area contributed by atoms with Gasteiger partial charge in [-0.25, -0.2) is 0 Å². The molecule has 0 bridgehead atoms. The van der Waals surface area contributed by atoms with Crippen LogP contribution in [-0.4, -0.2) is 22.5 Å². The predicted molar refractivity (Wildman–Crippen MR) is 49.3 cm³/mol. The van der Waals surface area contributed by atoms with E-state index >= 15 is 0 Å². The van der Waals surface area contributed by atoms with Crippen molar-refractivity contribution in [3.05, 3.63) is 0 Å². The molecule has 3 N–H and O–H groups in total. The molecule has 12 heavy (non-hydrogen) atoms. The van der Waals surface area contributed by atoms with Crippen LogP contribution in [0.15, 0.2) is 0 Å². The third-order valence-corrected chi connectivity index (χ3v) is 2.05. The van der Waals surface area contributed by atoms with Gasteiger partial charge in [0.05, 0.1) is 11.3 Å². The normalized spacial score (nSPS) is 16.1. The van der Waals surface area contributed by atoms with Gasteiger partial charge in [-0.15, -0.1) is 11.6 Å². The summed E-state index contributed by atoms with van der Waals surface area (Å²) in [5.74, 6) is -0.526. The summed E-state index contributed by atoms with van der Waals surface area (Å²) in [4.78, 5) is 9.65. The maximum atomic E-state index is 10.4. The average molecular weight is 194 g/mol. The molecule has 0 heterocycles. The van der Waals surface area contributed by atoms with Gasteiger partial charge in [0, 0.05) is 6.54 Å². The first kappa shape index (κ1) is 11.7. The van der Waals surface area contributed by atoms with Crippen molar-refractivity contribution in [1.29, 1.82) is 0 Å². The summed E-state index contributed by atoms with van der Waals surface area (Å²) in [5.41, 5.74) is 5.41. The van der Waals surface area contributed by atoms with E-state index in [0.29, 0.717) is 12.3 Å². The lowest BCUT2D eigenvalue weighted by atomic mass is 9.93. The van der Waals surface area contributed by atoms with Gasteiger partial charge >= 0.3 is 5.97 Å². The Morgan fingerprint density at radius 2 is 2.17 bits per heavy atom. The monoisotopic (exact) mass is 193 g/mol. The number of alkyl halides is 1. The van der Waals surface area contributed by atoms with Crippen molar-refractivity contribution in [3.8, 4) is 0 Å². The quantitative estimate of drug-likeness (QED) is 0.650. The van der Waals surface area contributed by atoms with E-state index in [-0.39, 0.29) is 13.0 Å². The highest BCUT2D eigenvalue weighted by atomic mass is 35.5. The number of carboxylic acids is 1.